The van der Waals surface area contributed by atoms with E-state index in [4.69, 9.17) is 10.5 Å². The van der Waals surface area contributed by atoms with Gasteiger partial charge in [0.15, 0.2) is 0 Å². The average Bonchev–Trinajstić information content (AvgIpc) is 2.62. The summed E-state index contributed by atoms with van der Waals surface area (Å²) in [5.41, 5.74) is 5.32. The molecule has 82 valence electrons. The summed E-state index contributed by atoms with van der Waals surface area (Å²) in [6, 6.07) is 0.162. The van der Waals surface area contributed by atoms with Crippen molar-refractivity contribution in [3.05, 3.63) is 16.3 Å². The zero-order valence-electron chi connectivity index (χ0n) is 8.13. The first kappa shape index (κ1) is 9.91. The summed E-state index contributed by atoms with van der Waals surface area (Å²) in [6.07, 6.45) is 3.03. The Hall–Kier alpha value is -1.63. The molecule has 1 aliphatic rings. The van der Waals surface area contributed by atoms with Gasteiger partial charge in [0.1, 0.15) is 6.20 Å². The van der Waals surface area contributed by atoms with Gasteiger partial charge in [-0.2, -0.15) is 0 Å². The lowest BCUT2D eigenvalue weighted by atomic mass is 10.1. The number of ether oxygens (including phenoxy) is 1. The van der Waals surface area contributed by atoms with Crippen LogP contribution >= 0.6 is 0 Å². The molecule has 0 amide bonds. The maximum absolute atomic E-state index is 10.6. The molecule has 1 saturated heterocycles. The van der Waals surface area contributed by atoms with E-state index >= 15 is 0 Å². The Bertz CT molecular complexity index is 370. The summed E-state index contributed by atoms with van der Waals surface area (Å²) in [4.78, 5) is 10.0. The zero-order valence-corrected chi connectivity index (χ0v) is 8.13. The van der Waals surface area contributed by atoms with E-state index in [1.165, 1.54) is 6.20 Å². The number of nitrogens with two attached hydrogens (primary N) is 1. The number of hydrogen-bond acceptors (Lipinski definition) is 5. The Labute approximate surface area is 86.0 Å². The maximum atomic E-state index is 10.6. The quantitative estimate of drug-likeness (QED) is 0.575. The van der Waals surface area contributed by atoms with Crippen molar-refractivity contribution in [1.82, 2.24) is 9.78 Å². The van der Waals surface area contributed by atoms with E-state index in [1.54, 1.807) is 4.68 Å². The van der Waals surface area contributed by atoms with Crippen LogP contribution < -0.4 is 5.73 Å². The lowest BCUT2D eigenvalue weighted by Gasteiger charge is -2.21. The molecule has 0 atom stereocenters. The van der Waals surface area contributed by atoms with Gasteiger partial charge in [0.05, 0.1) is 11.0 Å². The first-order chi connectivity index (χ1) is 7.18. The Morgan fingerprint density at radius 1 is 1.60 bits per heavy atom. The van der Waals surface area contributed by atoms with Gasteiger partial charge in [-0.3, -0.25) is 14.8 Å². The van der Waals surface area contributed by atoms with Crippen molar-refractivity contribution in [2.75, 3.05) is 18.9 Å². The van der Waals surface area contributed by atoms with Gasteiger partial charge in [-0.05, 0) is 12.8 Å². The number of anilines is 1. The Balaban J connectivity index is 2.21. The van der Waals surface area contributed by atoms with Crippen LogP contribution in [0.5, 0.6) is 0 Å². The van der Waals surface area contributed by atoms with Crippen LogP contribution in [-0.4, -0.2) is 27.9 Å². The van der Waals surface area contributed by atoms with Gasteiger partial charge in [0, 0.05) is 13.2 Å². The summed E-state index contributed by atoms with van der Waals surface area (Å²) in [5.74, 6) is -0.0218. The smallest absolute Gasteiger partial charge is 0.330 e. The van der Waals surface area contributed by atoms with Gasteiger partial charge in [0.25, 0.3) is 0 Å². The highest BCUT2D eigenvalue weighted by Gasteiger charge is 2.22. The number of nitrogen functional groups attached to an aromatic ring is 1. The van der Waals surface area contributed by atoms with Gasteiger partial charge in [-0.25, -0.2) is 0 Å². The fourth-order valence-corrected chi connectivity index (χ4v) is 1.67. The number of nitro groups is 1. The Morgan fingerprint density at radius 2 is 2.27 bits per heavy atom. The first-order valence-electron chi connectivity index (χ1n) is 4.75. The summed E-state index contributed by atoms with van der Waals surface area (Å²) < 4.78 is 6.78. The highest BCUT2D eigenvalue weighted by molar-refractivity contribution is 5.50. The van der Waals surface area contributed by atoms with Crippen LogP contribution in [0.15, 0.2) is 6.20 Å². The van der Waals surface area contributed by atoms with E-state index in [-0.39, 0.29) is 17.5 Å². The van der Waals surface area contributed by atoms with E-state index in [2.05, 4.69) is 5.10 Å². The predicted molar refractivity (Wildman–Crippen MR) is 52.4 cm³/mol. The molecular weight excluding hydrogens is 200 g/mol. The highest BCUT2D eigenvalue weighted by Crippen LogP contribution is 2.25. The lowest BCUT2D eigenvalue weighted by molar-refractivity contribution is -0.384. The molecule has 2 heterocycles. The van der Waals surface area contributed by atoms with Crippen molar-refractivity contribution in [3.63, 3.8) is 0 Å². The molecular formula is C8H12N4O3. The first-order valence-corrected chi connectivity index (χ1v) is 4.75. The SMILES string of the molecule is Nc1nn(C2CCOCC2)cc1[N+](=O)[O-]. The summed E-state index contributed by atoms with van der Waals surface area (Å²) in [7, 11) is 0. The van der Waals surface area contributed by atoms with Crippen LogP contribution in [-0.2, 0) is 4.74 Å². The van der Waals surface area contributed by atoms with Crippen molar-refractivity contribution in [2.24, 2.45) is 0 Å². The molecule has 0 aliphatic carbocycles. The second-order valence-electron chi connectivity index (χ2n) is 3.48. The molecule has 7 nitrogen and oxygen atoms in total. The molecule has 7 heteroatoms. The summed E-state index contributed by atoms with van der Waals surface area (Å²) in [5, 5.41) is 14.5. The molecule has 1 aliphatic heterocycles. The Kier molecular flexibility index (Phi) is 2.55. The fraction of sp³-hybridized carbons (Fsp3) is 0.625. The van der Waals surface area contributed by atoms with Crippen LogP contribution in [0.4, 0.5) is 11.5 Å². The van der Waals surface area contributed by atoms with Gasteiger partial charge in [0.2, 0.25) is 5.82 Å². The van der Waals surface area contributed by atoms with Crippen LogP contribution in [0.2, 0.25) is 0 Å². The van der Waals surface area contributed by atoms with Crippen molar-refractivity contribution < 1.29 is 9.66 Å². The van der Waals surface area contributed by atoms with Gasteiger partial charge >= 0.3 is 5.69 Å². The third kappa shape index (κ3) is 1.91. The van der Waals surface area contributed by atoms with Crippen molar-refractivity contribution in [1.29, 1.82) is 0 Å². The summed E-state index contributed by atoms with van der Waals surface area (Å²) >= 11 is 0. The van der Waals surface area contributed by atoms with Gasteiger partial charge < -0.3 is 10.5 Å². The minimum atomic E-state index is -0.516. The maximum Gasteiger partial charge on any atom is 0.330 e. The van der Waals surface area contributed by atoms with Gasteiger partial charge in [-0.1, -0.05) is 0 Å². The van der Waals surface area contributed by atoms with Crippen LogP contribution in [0.1, 0.15) is 18.9 Å². The minimum absolute atomic E-state index is 0.0218. The molecule has 1 aromatic rings. The zero-order chi connectivity index (χ0) is 10.8. The second kappa shape index (κ2) is 3.85. The van der Waals surface area contributed by atoms with Crippen LogP contribution in [0, 0.1) is 10.1 Å². The summed E-state index contributed by atoms with van der Waals surface area (Å²) in [6.45, 7) is 1.33. The predicted octanol–water partition coefficient (Wildman–Crippen LogP) is 0.725. The van der Waals surface area contributed by atoms with E-state index in [9.17, 15) is 10.1 Å². The molecule has 0 bridgehead atoms. The number of rotatable bonds is 2. The lowest BCUT2D eigenvalue weighted by Crippen LogP contribution is -2.20. The third-order valence-electron chi connectivity index (χ3n) is 2.50. The third-order valence-corrected chi connectivity index (χ3v) is 2.50. The van der Waals surface area contributed by atoms with Crippen LogP contribution in [0.25, 0.3) is 0 Å². The van der Waals surface area contributed by atoms with E-state index < -0.39 is 4.92 Å². The van der Waals surface area contributed by atoms with Gasteiger partial charge in [-0.15, -0.1) is 5.10 Å². The average molecular weight is 212 g/mol. The normalized spacial score (nSPS) is 17.9. The molecule has 0 radical (unpaired) electrons. The molecule has 2 N–H and O–H groups in total. The molecule has 1 fully saturated rings. The number of nitrogens with zero attached hydrogens (tertiary/aromatic N) is 3. The van der Waals surface area contributed by atoms with E-state index in [0.29, 0.717) is 13.2 Å². The van der Waals surface area contributed by atoms with Crippen LogP contribution in [0.3, 0.4) is 0 Å². The highest BCUT2D eigenvalue weighted by atomic mass is 16.6. The molecule has 1 aromatic heterocycles. The molecule has 0 spiro atoms. The van der Waals surface area contributed by atoms with Crippen molar-refractivity contribution >= 4 is 11.5 Å². The topological polar surface area (TPSA) is 96.2 Å². The molecule has 0 saturated carbocycles. The molecule has 2 rings (SSSR count). The monoisotopic (exact) mass is 212 g/mol. The van der Waals surface area contributed by atoms with Crippen molar-refractivity contribution in [3.8, 4) is 0 Å². The Morgan fingerprint density at radius 3 is 2.80 bits per heavy atom. The number of hydrogen-bond donors (Lipinski definition) is 1. The molecule has 0 unspecified atom stereocenters. The molecule has 15 heavy (non-hydrogen) atoms. The standard InChI is InChI=1S/C8H12N4O3/c9-8-7(12(13)14)5-11(10-8)6-1-3-15-4-2-6/h5-6H,1-4H2,(H2,9,10). The van der Waals surface area contributed by atoms with E-state index in [1.807, 2.05) is 0 Å². The van der Waals surface area contributed by atoms with Crippen molar-refractivity contribution in [2.45, 2.75) is 18.9 Å². The molecule has 0 aromatic carbocycles. The largest absolute Gasteiger partial charge is 0.381 e. The number of aromatic nitrogens is 2. The second-order valence-corrected chi connectivity index (χ2v) is 3.48. The fourth-order valence-electron chi connectivity index (χ4n) is 1.67. The van der Waals surface area contributed by atoms with E-state index in [0.717, 1.165) is 12.8 Å². The minimum Gasteiger partial charge on any atom is -0.381 e.